The Hall–Kier alpha value is -3.13. The molecule has 0 aliphatic rings. The maximum absolute atomic E-state index is 9.04. The number of nitriles is 1. The Balaban J connectivity index is 1.63. The number of pyridine rings is 1. The van der Waals surface area contributed by atoms with Crippen molar-refractivity contribution < 1.29 is 0 Å². The van der Waals surface area contributed by atoms with Crippen LogP contribution in [0, 0.1) is 11.3 Å². The zero-order chi connectivity index (χ0) is 15.2. The minimum atomic E-state index is 0.554. The number of rotatable bonds is 5. The highest BCUT2D eigenvalue weighted by molar-refractivity contribution is 5.51. The van der Waals surface area contributed by atoms with Crippen LogP contribution < -0.4 is 5.32 Å². The van der Waals surface area contributed by atoms with E-state index in [-0.39, 0.29) is 0 Å². The number of aromatic nitrogens is 3. The summed E-state index contributed by atoms with van der Waals surface area (Å²) < 4.78 is 1.89. The van der Waals surface area contributed by atoms with Gasteiger partial charge in [-0.2, -0.15) is 10.4 Å². The van der Waals surface area contributed by atoms with E-state index < -0.39 is 0 Å². The smallest absolute Gasteiger partial charge is 0.144 e. The van der Waals surface area contributed by atoms with Gasteiger partial charge in [-0.05, 0) is 29.3 Å². The highest BCUT2D eigenvalue weighted by Crippen LogP contribution is 2.12. The van der Waals surface area contributed by atoms with Gasteiger partial charge in [0, 0.05) is 25.1 Å². The average Bonchev–Trinajstić information content (AvgIpc) is 3.07. The quantitative estimate of drug-likeness (QED) is 0.784. The van der Waals surface area contributed by atoms with Crippen LogP contribution in [0.5, 0.6) is 0 Å². The first-order valence-corrected chi connectivity index (χ1v) is 6.99. The van der Waals surface area contributed by atoms with Crippen molar-refractivity contribution in [1.82, 2.24) is 14.8 Å². The van der Waals surface area contributed by atoms with Gasteiger partial charge in [0.25, 0.3) is 0 Å². The fourth-order valence-corrected chi connectivity index (χ4v) is 2.17. The topological polar surface area (TPSA) is 66.5 Å². The molecule has 0 atom stereocenters. The van der Waals surface area contributed by atoms with Gasteiger partial charge in [-0.1, -0.05) is 24.3 Å². The van der Waals surface area contributed by atoms with Gasteiger partial charge in [0.1, 0.15) is 11.9 Å². The van der Waals surface area contributed by atoms with Gasteiger partial charge in [0.05, 0.1) is 12.1 Å². The first kappa shape index (κ1) is 13.8. The van der Waals surface area contributed by atoms with E-state index in [0.29, 0.717) is 17.9 Å². The van der Waals surface area contributed by atoms with Crippen LogP contribution in [0.25, 0.3) is 0 Å². The SMILES string of the molecule is N#Cc1cccnc1NCc1ccc(Cn2cccn2)cc1. The van der Waals surface area contributed by atoms with Crippen molar-refractivity contribution in [2.45, 2.75) is 13.1 Å². The summed E-state index contributed by atoms with van der Waals surface area (Å²) in [6.45, 7) is 1.40. The molecular weight excluding hydrogens is 274 g/mol. The summed E-state index contributed by atoms with van der Waals surface area (Å²) in [5, 5.41) is 16.4. The Labute approximate surface area is 128 Å². The lowest BCUT2D eigenvalue weighted by Crippen LogP contribution is -2.04. The monoisotopic (exact) mass is 289 g/mol. The molecule has 22 heavy (non-hydrogen) atoms. The first-order chi connectivity index (χ1) is 10.8. The van der Waals surface area contributed by atoms with E-state index in [2.05, 4.69) is 45.7 Å². The van der Waals surface area contributed by atoms with Crippen LogP contribution in [0.2, 0.25) is 0 Å². The molecule has 3 rings (SSSR count). The van der Waals surface area contributed by atoms with Crippen molar-refractivity contribution in [2.75, 3.05) is 5.32 Å². The minimum absolute atomic E-state index is 0.554. The van der Waals surface area contributed by atoms with E-state index >= 15 is 0 Å². The molecule has 0 amide bonds. The van der Waals surface area contributed by atoms with Crippen molar-refractivity contribution >= 4 is 5.82 Å². The second-order valence-electron chi connectivity index (χ2n) is 4.89. The molecule has 0 saturated heterocycles. The van der Waals surface area contributed by atoms with E-state index in [1.54, 1.807) is 24.5 Å². The Kier molecular flexibility index (Phi) is 4.12. The molecule has 2 heterocycles. The Morgan fingerprint density at radius 2 is 1.86 bits per heavy atom. The fourth-order valence-electron chi connectivity index (χ4n) is 2.17. The molecule has 0 saturated carbocycles. The number of anilines is 1. The molecule has 0 fully saturated rings. The maximum Gasteiger partial charge on any atom is 0.144 e. The molecule has 0 spiro atoms. The molecule has 5 heteroatoms. The summed E-state index contributed by atoms with van der Waals surface area (Å²) >= 11 is 0. The standard InChI is InChI=1S/C17H15N5/c18-11-16-3-1-8-19-17(16)20-12-14-4-6-15(7-5-14)13-22-10-2-9-21-22/h1-10H,12-13H2,(H,19,20). The van der Waals surface area contributed by atoms with Gasteiger partial charge in [-0.15, -0.1) is 0 Å². The number of hydrogen-bond donors (Lipinski definition) is 1. The summed E-state index contributed by atoms with van der Waals surface area (Å²) in [6, 6.07) is 15.9. The lowest BCUT2D eigenvalue weighted by molar-refractivity contribution is 0.686. The van der Waals surface area contributed by atoms with Crippen LogP contribution in [-0.2, 0) is 13.1 Å². The second-order valence-corrected chi connectivity index (χ2v) is 4.89. The molecule has 3 aromatic rings. The summed E-state index contributed by atoms with van der Waals surface area (Å²) in [6.07, 6.45) is 5.40. The van der Waals surface area contributed by atoms with Gasteiger partial charge in [0.15, 0.2) is 0 Å². The van der Waals surface area contributed by atoms with Crippen LogP contribution >= 0.6 is 0 Å². The molecular formula is C17H15N5. The third kappa shape index (κ3) is 3.30. The van der Waals surface area contributed by atoms with Crippen molar-refractivity contribution in [3.8, 4) is 6.07 Å². The van der Waals surface area contributed by atoms with E-state index in [9.17, 15) is 0 Å². The van der Waals surface area contributed by atoms with E-state index in [4.69, 9.17) is 5.26 Å². The summed E-state index contributed by atoms with van der Waals surface area (Å²) in [4.78, 5) is 4.19. The fraction of sp³-hybridized carbons (Fsp3) is 0.118. The van der Waals surface area contributed by atoms with E-state index in [1.807, 2.05) is 16.9 Å². The molecule has 108 valence electrons. The summed E-state index contributed by atoms with van der Waals surface area (Å²) in [5.74, 6) is 0.616. The highest BCUT2D eigenvalue weighted by Gasteiger charge is 2.02. The minimum Gasteiger partial charge on any atom is -0.365 e. The molecule has 5 nitrogen and oxygen atoms in total. The molecule has 2 aromatic heterocycles. The number of nitrogens with zero attached hydrogens (tertiary/aromatic N) is 4. The van der Waals surface area contributed by atoms with Crippen LogP contribution in [0.3, 0.4) is 0 Å². The number of benzene rings is 1. The van der Waals surface area contributed by atoms with E-state index in [0.717, 1.165) is 12.1 Å². The molecule has 0 unspecified atom stereocenters. The van der Waals surface area contributed by atoms with Crippen molar-refractivity contribution in [3.63, 3.8) is 0 Å². The normalized spacial score (nSPS) is 10.1. The molecule has 1 aromatic carbocycles. The van der Waals surface area contributed by atoms with Crippen molar-refractivity contribution in [2.24, 2.45) is 0 Å². The van der Waals surface area contributed by atoms with Gasteiger partial charge < -0.3 is 5.32 Å². The van der Waals surface area contributed by atoms with Gasteiger partial charge >= 0.3 is 0 Å². The molecule has 0 bridgehead atoms. The van der Waals surface area contributed by atoms with Crippen molar-refractivity contribution in [3.05, 3.63) is 77.7 Å². The van der Waals surface area contributed by atoms with Crippen LogP contribution in [0.4, 0.5) is 5.82 Å². The lowest BCUT2D eigenvalue weighted by Gasteiger charge is -2.08. The number of nitrogens with one attached hydrogen (secondary N) is 1. The second kappa shape index (κ2) is 6.55. The third-order valence-corrected chi connectivity index (χ3v) is 3.31. The van der Waals surface area contributed by atoms with Crippen LogP contribution in [0.1, 0.15) is 16.7 Å². The largest absolute Gasteiger partial charge is 0.365 e. The number of hydrogen-bond acceptors (Lipinski definition) is 4. The summed E-state index contributed by atoms with van der Waals surface area (Å²) in [5.41, 5.74) is 2.89. The lowest BCUT2D eigenvalue weighted by atomic mass is 10.1. The molecule has 0 radical (unpaired) electrons. The van der Waals surface area contributed by atoms with Gasteiger partial charge in [-0.3, -0.25) is 4.68 Å². The maximum atomic E-state index is 9.04. The van der Waals surface area contributed by atoms with Gasteiger partial charge in [-0.25, -0.2) is 4.98 Å². The van der Waals surface area contributed by atoms with Crippen LogP contribution in [0.15, 0.2) is 61.1 Å². The summed E-state index contributed by atoms with van der Waals surface area (Å²) in [7, 11) is 0. The molecule has 0 aliphatic heterocycles. The predicted molar refractivity (Wildman–Crippen MR) is 84.0 cm³/mol. The Morgan fingerprint density at radius 3 is 2.59 bits per heavy atom. The highest BCUT2D eigenvalue weighted by atomic mass is 15.3. The third-order valence-electron chi connectivity index (χ3n) is 3.31. The predicted octanol–water partition coefficient (Wildman–Crippen LogP) is 2.81. The van der Waals surface area contributed by atoms with E-state index in [1.165, 1.54) is 5.56 Å². The van der Waals surface area contributed by atoms with Crippen molar-refractivity contribution in [1.29, 1.82) is 5.26 Å². The average molecular weight is 289 g/mol. The molecule has 1 N–H and O–H groups in total. The zero-order valence-electron chi connectivity index (χ0n) is 12.0. The van der Waals surface area contributed by atoms with Gasteiger partial charge in [0.2, 0.25) is 0 Å². The Morgan fingerprint density at radius 1 is 1.05 bits per heavy atom. The van der Waals surface area contributed by atoms with Crippen LogP contribution in [-0.4, -0.2) is 14.8 Å². The zero-order valence-corrected chi connectivity index (χ0v) is 12.0. The Bertz CT molecular complexity index is 770. The first-order valence-electron chi connectivity index (χ1n) is 6.99. The molecule has 0 aliphatic carbocycles.